The van der Waals surface area contributed by atoms with E-state index in [9.17, 15) is 23.2 Å². The first-order chi connectivity index (χ1) is 12.7. The third kappa shape index (κ3) is 3.68. The van der Waals surface area contributed by atoms with E-state index in [2.05, 4.69) is 10.2 Å². The fourth-order valence-corrected chi connectivity index (χ4v) is 4.38. The summed E-state index contributed by atoms with van der Waals surface area (Å²) in [7, 11) is 2.93. The Morgan fingerprint density at radius 3 is 2.59 bits per heavy atom. The van der Waals surface area contributed by atoms with Gasteiger partial charge in [-0.15, -0.1) is 10.2 Å². The van der Waals surface area contributed by atoms with Crippen LogP contribution in [0.1, 0.15) is 5.82 Å². The summed E-state index contributed by atoms with van der Waals surface area (Å²) < 4.78 is 39.1. The SMILES string of the molecule is CN1/C(=C(\C#N)C(=O)CSc2nnc(C(F)(F)F)n2C)Sc2ccccc21. The molecule has 0 amide bonds. The second-order valence-corrected chi connectivity index (χ2v) is 7.47. The van der Waals surface area contributed by atoms with Crippen molar-refractivity contribution in [2.24, 2.45) is 7.05 Å². The smallest absolute Gasteiger partial charge is 0.337 e. The van der Waals surface area contributed by atoms with E-state index >= 15 is 0 Å². The Bertz CT molecular complexity index is 977. The van der Waals surface area contributed by atoms with Gasteiger partial charge in [0.2, 0.25) is 5.82 Å². The van der Waals surface area contributed by atoms with Crippen LogP contribution < -0.4 is 4.90 Å². The number of halogens is 3. The number of allylic oxidation sites excluding steroid dienone is 1. The summed E-state index contributed by atoms with van der Waals surface area (Å²) in [6.45, 7) is 0. The second kappa shape index (κ2) is 7.28. The number of fused-ring (bicyclic) bond motifs is 1. The highest BCUT2D eigenvalue weighted by Crippen LogP contribution is 2.46. The molecule has 0 atom stereocenters. The molecular weight excluding hydrogens is 399 g/mol. The molecule has 1 aliphatic rings. The molecule has 0 unspecified atom stereocenters. The van der Waals surface area contributed by atoms with E-state index in [-0.39, 0.29) is 16.5 Å². The Balaban J connectivity index is 1.78. The molecule has 6 nitrogen and oxygen atoms in total. The van der Waals surface area contributed by atoms with Crippen molar-refractivity contribution in [1.29, 1.82) is 5.26 Å². The van der Waals surface area contributed by atoms with Gasteiger partial charge in [0.15, 0.2) is 10.9 Å². The number of para-hydroxylation sites is 1. The first kappa shape index (κ1) is 19.3. The molecule has 11 heteroatoms. The normalized spacial score (nSPS) is 15.5. The number of hydrogen-bond acceptors (Lipinski definition) is 7. The molecule has 0 radical (unpaired) electrons. The number of carbonyl (C=O) groups is 1. The summed E-state index contributed by atoms with van der Waals surface area (Å²) in [5, 5.41) is 16.5. The molecule has 3 rings (SSSR count). The monoisotopic (exact) mass is 411 g/mol. The van der Waals surface area contributed by atoms with Crippen LogP contribution in [0, 0.1) is 11.3 Å². The van der Waals surface area contributed by atoms with Crippen molar-refractivity contribution >= 4 is 35.0 Å². The number of Topliss-reactive ketones (excluding diaryl/α,β-unsaturated/α-hetero) is 1. The molecule has 0 spiro atoms. The number of aromatic nitrogens is 3. The van der Waals surface area contributed by atoms with Crippen molar-refractivity contribution in [3.63, 3.8) is 0 Å². The summed E-state index contributed by atoms with van der Waals surface area (Å²) in [4.78, 5) is 15.2. The number of nitriles is 1. The number of alkyl halides is 3. The molecule has 1 aromatic carbocycles. The van der Waals surface area contributed by atoms with Crippen LogP contribution in [-0.4, -0.2) is 33.3 Å². The number of rotatable bonds is 4. The fraction of sp³-hybridized carbons (Fsp3) is 0.250. The minimum absolute atomic E-state index is 0.0376. The van der Waals surface area contributed by atoms with E-state index in [1.165, 1.54) is 18.8 Å². The van der Waals surface area contributed by atoms with E-state index in [0.29, 0.717) is 5.03 Å². The van der Waals surface area contributed by atoms with Crippen molar-refractivity contribution in [3.8, 4) is 6.07 Å². The number of hydrogen-bond donors (Lipinski definition) is 0. The Hall–Kier alpha value is -2.45. The average Bonchev–Trinajstić information content (AvgIpc) is 3.15. The van der Waals surface area contributed by atoms with Crippen LogP contribution >= 0.6 is 23.5 Å². The molecule has 1 aromatic heterocycles. The second-order valence-electron chi connectivity index (χ2n) is 5.50. The fourth-order valence-electron chi connectivity index (χ4n) is 2.44. The molecule has 140 valence electrons. The number of thioether (sulfide) groups is 2. The zero-order chi connectivity index (χ0) is 19.8. The number of nitrogens with zero attached hydrogens (tertiary/aromatic N) is 5. The van der Waals surface area contributed by atoms with Gasteiger partial charge in [0.05, 0.1) is 11.4 Å². The maximum atomic E-state index is 12.8. The minimum atomic E-state index is -4.63. The number of carbonyl (C=O) groups excluding carboxylic acids is 1. The van der Waals surface area contributed by atoms with Crippen molar-refractivity contribution in [2.75, 3.05) is 17.7 Å². The van der Waals surface area contributed by atoms with E-state index in [1.807, 2.05) is 30.3 Å². The van der Waals surface area contributed by atoms with Crippen LogP contribution in [0.15, 0.2) is 44.9 Å². The zero-order valence-electron chi connectivity index (χ0n) is 14.1. The van der Waals surface area contributed by atoms with Crippen LogP contribution in [0.5, 0.6) is 0 Å². The van der Waals surface area contributed by atoms with E-state index in [4.69, 9.17) is 0 Å². The van der Waals surface area contributed by atoms with Crippen molar-refractivity contribution < 1.29 is 18.0 Å². The van der Waals surface area contributed by atoms with Gasteiger partial charge in [0.1, 0.15) is 16.7 Å². The molecule has 0 fully saturated rings. The summed E-state index contributed by atoms with van der Waals surface area (Å²) in [6.07, 6.45) is -4.63. The highest BCUT2D eigenvalue weighted by molar-refractivity contribution is 8.03. The summed E-state index contributed by atoms with van der Waals surface area (Å²) >= 11 is 2.12. The van der Waals surface area contributed by atoms with Gasteiger partial charge in [0, 0.05) is 19.0 Å². The summed E-state index contributed by atoms with van der Waals surface area (Å²) in [6, 6.07) is 9.40. The Kier molecular flexibility index (Phi) is 5.21. The molecule has 2 aromatic rings. The van der Waals surface area contributed by atoms with Crippen LogP contribution in [-0.2, 0) is 18.0 Å². The zero-order valence-corrected chi connectivity index (χ0v) is 15.7. The van der Waals surface area contributed by atoms with Gasteiger partial charge < -0.3 is 9.47 Å². The molecule has 27 heavy (non-hydrogen) atoms. The van der Waals surface area contributed by atoms with E-state index in [1.54, 1.807) is 11.9 Å². The topological polar surface area (TPSA) is 74.8 Å². The lowest BCUT2D eigenvalue weighted by Gasteiger charge is -2.14. The molecule has 2 heterocycles. The molecular formula is C16H12F3N5OS2. The lowest BCUT2D eigenvalue weighted by molar-refractivity contribution is -0.147. The Morgan fingerprint density at radius 2 is 2.00 bits per heavy atom. The first-order valence-corrected chi connectivity index (χ1v) is 9.31. The third-order valence-electron chi connectivity index (χ3n) is 3.76. The number of ketones is 1. The Labute approximate surface area is 161 Å². The van der Waals surface area contributed by atoms with Crippen molar-refractivity contribution in [3.05, 3.63) is 40.7 Å². The number of anilines is 1. The lowest BCUT2D eigenvalue weighted by atomic mass is 10.2. The first-order valence-electron chi connectivity index (χ1n) is 7.51. The van der Waals surface area contributed by atoms with Crippen LogP contribution in [0.25, 0.3) is 0 Å². The highest BCUT2D eigenvalue weighted by atomic mass is 32.2. The van der Waals surface area contributed by atoms with Crippen molar-refractivity contribution in [1.82, 2.24) is 14.8 Å². The number of benzene rings is 1. The maximum absolute atomic E-state index is 12.8. The quantitative estimate of drug-likeness (QED) is 0.433. The van der Waals surface area contributed by atoms with Gasteiger partial charge in [-0.2, -0.15) is 18.4 Å². The highest BCUT2D eigenvalue weighted by Gasteiger charge is 2.37. The third-order valence-corrected chi connectivity index (χ3v) is 6.02. The van der Waals surface area contributed by atoms with Crippen molar-refractivity contribution in [2.45, 2.75) is 16.2 Å². The predicted octanol–water partition coefficient (Wildman–Crippen LogP) is 3.47. The van der Waals surface area contributed by atoms with E-state index < -0.39 is 17.8 Å². The van der Waals surface area contributed by atoms with Gasteiger partial charge in [-0.1, -0.05) is 35.7 Å². The van der Waals surface area contributed by atoms with Gasteiger partial charge in [-0.3, -0.25) is 4.79 Å². The summed E-state index contributed by atoms with van der Waals surface area (Å²) in [5.41, 5.74) is 0.846. The van der Waals surface area contributed by atoms with Gasteiger partial charge in [-0.05, 0) is 12.1 Å². The van der Waals surface area contributed by atoms with Gasteiger partial charge in [0.25, 0.3) is 0 Å². The van der Waals surface area contributed by atoms with Crippen LogP contribution in [0.4, 0.5) is 18.9 Å². The molecule has 0 saturated carbocycles. The molecule has 0 aliphatic carbocycles. The Morgan fingerprint density at radius 1 is 1.30 bits per heavy atom. The standard InChI is InChI=1S/C16H12F3N5OS2/c1-23-10-5-3-4-6-12(10)27-13(23)9(7-20)11(25)8-26-15-22-21-14(24(15)2)16(17,18)19/h3-6H,8H2,1-2H3/b13-9-. The maximum Gasteiger partial charge on any atom is 0.451 e. The average molecular weight is 411 g/mol. The summed E-state index contributed by atoms with van der Waals surface area (Å²) in [5.74, 6) is -1.85. The molecule has 0 bridgehead atoms. The largest absolute Gasteiger partial charge is 0.451 e. The minimum Gasteiger partial charge on any atom is -0.337 e. The van der Waals surface area contributed by atoms with Crippen LogP contribution in [0.3, 0.4) is 0 Å². The lowest BCUT2D eigenvalue weighted by Crippen LogP contribution is -2.16. The van der Waals surface area contributed by atoms with E-state index in [0.717, 1.165) is 26.9 Å². The molecule has 0 saturated heterocycles. The molecule has 0 N–H and O–H groups in total. The van der Waals surface area contributed by atoms with Gasteiger partial charge in [-0.25, -0.2) is 0 Å². The van der Waals surface area contributed by atoms with Gasteiger partial charge >= 0.3 is 6.18 Å². The van der Waals surface area contributed by atoms with Crippen LogP contribution in [0.2, 0.25) is 0 Å². The molecule has 1 aliphatic heterocycles. The predicted molar refractivity (Wildman–Crippen MR) is 95.1 cm³/mol.